The zero-order valence-electron chi connectivity index (χ0n) is 9.60. The minimum absolute atomic E-state index is 0.216. The van der Waals surface area contributed by atoms with E-state index in [1.54, 1.807) is 26.2 Å². The molecule has 0 aliphatic rings. The quantitative estimate of drug-likeness (QED) is 0.605. The summed E-state index contributed by atoms with van der Waals surface area (Å²) in [5.41, 5.74) is 7.12. The molecule has 4 nitrogen and oxygen atoms in total. The fourth-order valence-corrected chi connectivity index (χ4v) is 1.34. The van der Waals surface area contributed by atoms with Crippen LogP contribution in [0.2, 0.25) is 0 Å². The summed E-state index contributed by atoms with van der Waals surface area (Å²) >= 11 is 0. The summed E-state index contributed by atoms with van der Waals surface area (Å²) in [6.07, 6.45) is 0.0419. The Balaban J connectivity index is 2.42. The Morgan fingerprint density at radius 2 is 2.00 bits per heavy atom. The highest BCUT2D eigenvalue weighted by atomic mass is 16.6. The van der Waals surface area contributed by atoms with Crippen molar-refractivity contribution >= 4 is 11.7 Å². The third kappa shape index (κ3) is 4.31. The van der Waals surface area contributed by atoms with E-state index in [-0.39, 0.29) is 18.5 Å². The van der Waals surface area contributed by atoms with E-state index in [0.717, 1.165) is 5.56 Å². The third-order valence-corrected chi connectivity index (χ3v) is 2.06. The molecule has 2 N–H and O–H groups in total. The lowest BCUT2D eigenvalue weighted by atomic mass is 10.1. The van der Waals surface area contributed by atoms with Gasteiger partial charge in [-0.15, -0.1) is 0 Å². The second kappa shape index (κ2) is 6.12. The Morgan fingerprint density at radius 3 is 2.56 bits per heavy atom. The molecule has 1 unspecified atom stereocenters. The zero-order chi connectivity index (χ0) is 12.0. The van der Waals surface area contributed by atoms with Gasteiger partial charge in [-0.25, -0.2) is 0 Å². The van der Waals surface area contributed by atoms with Crippen molar-refractivity contribution in [3.05, 3.63) is 29.8 Å². The predicted octanol–water partition coefficient (Wildman–Crippen LogP) is 1.39. The van der Waals surface area contributed by atoms with Gasteiger partial charge in [0.15, 0.2) is 0 Å². The number of carbonyl (C=O) groups is 1. The molecule has 0 saturated heterocycles. The van der Waals surface area contributed by atoms with Crippen molar-refractivity contribution in [1.29, 1.82) is 0 Å². The van der Waals surface area contributed by atoms with Crippen molar-refractivity contribution in [1.82, 2.24) is 0 Å². The molecule has 0 saturated carbocycles. The van der Waals surface area contributed by atoms with E-state index in [9.17, 15) is 4.79 Å². The normalized spacial score (nSPS) is 12.1. The number of hydrogen-bond donors (Lipinski definition) is 1. The maximum atomic E-state index is 11.5. The van der Waals surface area contributed by atoms with Gasteiger partial charge in [0.1, 0.15) is 6.10 Å². The molecule has 0 amide bonds. The van der Waals surface area contributed by atoms with Crippen LogP contribution in [0.4, 0.5) is 5.69 Å². The van der Waals surface area contributed by atoms with Gasteiger partial charge in [-0.1, -0.05) is 12.1 Å². The fourth-order valence-electron chi connectivity index (χ4n) is 1.34. The van der Waals surface area contributed by atoms with Gasteiger partial charge in [0, 0.05) is 12.8 Å². The molecule has 0 aromatic heterocycles. The van der Waals surface area contributed by atoms with Crippen LogP contribution in [0.25, 0.3) is 0 Å². The number of nitrogens with two attached hydrogens (primary N) is 1. The summed E-state index contributed by atoms with van der Waals surface area (Å²) in [4.78, 5) is 11.5. The van der Waals surface area contributed by atoms with Gasteiger partial charge in [-0.2, -0.15) is 0 Å². The van der Waals surface area contributed by atoms with Crippen LogP contribution >= 0.6 is 0 Å². The molecule has 1 rings (SSSR count). The Hall–Kier alpha value is -1.55. The third-order valence-electron chi connectivity index (χ3n) is 2.06. The summed E-state index contributed by atoms with van der Waals surface area (Å²) in [5, 5.41) is 0. The van der Waals surface area contributed by atoms with Crippen molar-refractivity contribution < 1.29 is 14.3 Å². The number of ether oxygens (including phenoxy) is 2. The summed E-state index contributed by atoms with van der Waals surface area (Å²) in [6, 6.07) is 7.16. The topological polar surface area (TPSA) is 61.5 Å². The number of anilines is 1. The number of nitrogen functional groups attached to an aromatic ring is 1. The molecule has 0 bridgehead atoms. The Morgan fingerprint density at radius 1 is 1.38 bits per heavy atom. The number of esters is 1. The van der Waals surface area contributed by atoms with Crippen LogP contribution in [0.5, 0.6) is 0 Å². The average Bonchev–Trinajstić information content (AvgIpc) is 2.21. The summed E-state index contributed by atoms with van der Waals surface area (Å²) in [7, 11) is 1.57. The molecular weight excluding hydrogens is 206 g/mol. The van der Waals surface area contributed by atoms with Crippen LogP contribution in [0, 0.1) is 0 Å². The molecule has 88 valence electrons. The fraction of sp³-hybridized carbons (Fsp3) is 0.417. The van der Waals surface area contributed by atoms with E-state index < -0.39 is 0 Å². The average molecular weight is 223 g/mol. The maximum absolute atomic E-state index is 11.5. The van der Waals surface area contributed by atoms with Crippen LogP contribution in [-0.4, -0.2) is 25.8 Å². The van der Waals surface area contributed by atoms with E-state index >= 15 is 0 Å². The number of hydrogen-bond acceptors (Lipinski definition) is 4. The van der Waals surface area contributed by atoms with Gasteiger partial charge in [0.25, 0.3) is 0 Å². The van der Waals surface area contributed by atoms with Crippen LogP contribution < -0.4 is 5.73 Å². The van der Waals surface area contributed by atoms with Crippen molar-refractivity contribution in [3.63, 3.8) is 0 Å². The molecular formula is C12H17NO3. The minimum atomic E-state index is -0.255. The lowest BCUT2D eigenvalue weighted by Gasteiger charge is -2.11. The van der Waals surface area contributed by atoms with Crippen LogP contribution in [0.3, 0.4) is 0 Å². The number of rotatable bonds is 5. The smallest absolute Gasteiger partial charge is 0.310 e. The van der Waals surface area contributed by atoms with E-state index in [0.29, 0.717) is 12.3 Å². The van der Waals surface area contributed by atoms with Crippen LogP contribution in [0.15, 0.2) is 24.3 Å². The van der Waals surface area contributed by atoms with E-state index in [2.05, 4.69) is 0 Å². The first-order valence-corrected chi connectivity index (χ1v) is 5.14. The molecule has 1 aromatic rings. The van der Waals surface area contributed by atoms with Gasteiger partial charge >= 0.3 is 5.97 Å². The van der Waals surface area contributed by atoms with Crippen molar-refractivity contribution in [3.8, 4) is 0 Å². The largest absolute Gasteiger partial charge is 0.460 e. The first-order chi connectivity index (χ1) is 7.61. The lowest BCUT2D eigenvalue weighted by Crippen LogP contribution is -2.20. The van der Waals surface area contributed by atoms with Crippen molar-refractivity contribution in [2.45, 2.75) is 19.4 Å². The molecule has 0 heterocycles. The molecule has 16 heavy (non-hydrogen) atoms. The molecule has 0 radical (unpaired) electrons. The van der Waals surface area contributed by atoms with Crippen molar-refractivity contribution in [2.24, 2.45) is 0 Å². The van der Waals surface area contributed by atoms with Gasteiger partial charge in [-0.3, -0.25) is 4.79 Å². The zero-order valence-corrected chi connectivity index (χ0v) is 9.60. The lowest BCUT2D eigenvalue weighted by molar-refractivity contribution is -0.149. The highest BCUT2D eigenvalue weighted by molar-refractivity contribution is 5.72. The molecule has 1 atom stereocenters. The Kier molecular flexibility index (Phi) is 4.79. The van der Waals surface area contributed by atoms with E-state index in [1.165, 1.54) is 0 Å². The molecule has 0 spiro atoms. The number of benzene rings is 1. The highest BCUT2D eigenvalue weighted by Crippen LogP contribution is 2.07. The van der Waals surface area contributed by atoms with Crippen LogP contribution in [0.1, 0.15) is 12.5 Å². The molecule has 0 aliphatic carbocycles. The van der Waals surface area contributed by atoms with E-state index in [4.69, 9.17) is 15.2 Å². The standard InChI is InChI=1S/C12H17NO3/c1-9(8-15-2)16-12(14)7-10-3-5-11(13)6-4-10/h3-6,9H,7-8,13H2,1-2H3. The number of carbonyl (C=O) groups excluding carboxylic acids is 1. The second-order valence-electron chi connectivity index (χ2n) is 3.67. The van der Waals surface area contributed by atoms with Gasteiger partial charge in [0.05, 0.1) is 13.0 Å². The maximum Gasteiger partial charge on any atom is 0.310 e. The summed E-state index contributed by atoms with van der Waals surface area (Å²) in [5.74, 6) is -0.255. The molecule has 4 heteroatoms. The minimum Gasteiger partial charge on any atom is -0.460 e. The Labute approximate surface area is 95.3 Å². The van der Waals surface area contributed by atoms with Crippen LogP contribution in [-0.2, 0) is 20.7 Å². The SMILES string of the molecule is COCC(C)OC(=O)Cc1ccc(N)cc1. The van der Waals surface area contributed by atoms with Gasteiger partial charge in [-0.05, 0) is 24.6 Å². The monoisotopic (exact) mass is 223 g/mol. The molecule has 1 aromatic carbocycles. The number of methoxy groups -OCH3 is 1. The second-order valence-corrected chi connectivity index (χ2v) is 3.67. The van der Waals surface area contributed by atoms with Gasteiger partial charge in [0.2, 0.25) is 0 Å². The summed E-state index contributed by atoms with van der Waals surface area (Å²) in [6.45, 7) is 2.21. The van der Waals surface area contributed by atoms with Gasteiger partial charge < -0.3 is 15.2 Å². The Bertz CT molecular complexity index is 335. The predicted molar refractivity (Wildman–Crippen MR) is 62.0 cm³/mol. The first-order valence-electron chi connectivity index (χ1n) is 5.14. The van der Waals surface area contributed by atoms with Crippen molar-refractivity contribution in [2.75, 3.05) is 19.5 Å². The summed E-state index contributed by atoms with van der Waals surface area (Å²) < 4.78 is 10.0. The molecule has 0 fully saturated rings. The van der Waals surface area contributed by atoms with E-state index in [1.807, 2.05) is 12.1 Å². The first kappa shape index (κ1) is 12.5. The highest BCUT2D eigenvalue weighted by Gasteiger charge is 2.09. The molecule has 0 aliphatic heterocycles.